The zero-order valence-electron chi connectivity index (χ0n) is 44.7. The topological polar surface area (TPSA) is 68.2 Å². The molecular formula is C56H114O5. The number of rotatable bonds is 40. The average Bonchev–Trinajstić information content (AvgIpc) is 3.08. The van der Waals surface area contributed by atoms with Crippen molar-refractivity contribution < 1.29 is 24.4 Å². The molecule has 0 aliphatic carbocycles. The fourth-order valence-electron chi connectivity index (χ4n) is 12.7. The van der Waals surface area contributed by atoms with E-state index in [1.54, 1.807) is 14.2 Å². The Labute approximate surface area is 384 Å². The zero-order valence-corrected chi connectivity index (χ0v) is 44.7. The van der Waals surface area contributed by atoms with Gasteiger partial charge in [-0.25, -0.2) is 0 Å². The molecule has 0 saturated carbocycles. The maximum atomic E-state index is 9.73. The molecule has 18 atom stereocenters. The number of hydrogen-bond acceptors (Lipinski definition) is 5. The van der Waals surface area contributed by atoms with Crippen molar-refractivity contribution in [1.82, 2.24) is 0 Å². The summed E-state index contributed by atoms with van der Waals surface area (Å²) in [6.07, 6.45) is 23.3. The predicted molar refractivity (Wildman–Crippen MR) is 267 cm³/mol. The van der Waals surface area contributed by atoms with Gasteiger partial charge in [0, 0.05) is 14.2 Å². The molecule has 0 spiro atoms. The molecule has 0 rings (SSSR count). The van der Waals surface area contributed by atoms with Crippen LogP contribution in [0.3, 0.4) is 0 Å². The summed E-state index contributed by atoms with van der Waals surface area (Å²) in [5.74, 6) is 10.3. The molecule has 0 fully saturated rings. The summed E-state index contributed by atoms with van der Waals surface area (Å²) in [7, 11) is 3.56. The minimum absolute atomic E-state index is 0.181. The van der Waals surface area contributed by atoms with Crippen molar-refractivity contribution in [3.63, 3.8) is 0 Å². The maximum absolute atomic E-state index is 9.73. The van der Waals surface area contributed by atoms with Crippen molar-refractivity contribution in [1.29, 1.82) is 0 Å². The molecule has 0 heterocycles. The Balaban J connectivity index is 4.40. The molecule has 61 heavy (non-hydrogen) atoms. The van der Waals surface area contributed by atoms with Gasteiger partial charge in [0.25, 0.3) is 0 Å². The smallest absolute Gasteiger partial charge is 0.160 e. The summed E-state index contributed by atoms with van der Waals surface area (Å²) in [6, 6.07) is 0. The second-order valence-electron chi connectivity index (χ2n) is 23.8. The number of aliphatic hydroxyl groups is 2. The highest BCUT2D eigenvalue weighted by molar-refractivity contribution is 4.73. The first-order chi connectivity index (χ1) is 28.5. The summed E-state index contributed by atoms with van der Waals surface area (Å²) >= 11 is 0. The SMILES string of the molecule is COC(CCCC(C)CC(C)CC(C)CC(C)CC(C)CC(C)CC(C)CC(C)O)OC(CCCC(C)CC(C)CC(C)CC(C)CC(C)CC(C)CC(C)CC(C)O)OC. The van der Waals surface area contributed by atoms with E-state index in [2.05, 4.69) is 96.9 Å². The maximum Gasteiger partial charge on any atom is 0.160 e. The number of hydrogen-bond donors (Lipinski definition) is 2. The Hall–Kier alpha value is -0.200. The van der Waals surface area contributed by atoms with E-state index in [0.717, 1.165) is 97.7 Å². The lowest BCUT2D eigenvalue weighted by Gasteiger charge is -2.26. The van der Waals surface area contributed by atoms with E-state index in [4.69, 9.17) is 14.2 Å². The molecule has 368 valence electrons. The van der Waals surface area contributed by atoms with E-state index in [9.17, 15) is 10.2 Å². The summed E-state index contributed by atoms with van der Waals surface area (Å²) in [5.41, 5.74) is 0. The van der Waals surface area contributed by atoms with Gasteiger partial charge in [-0.1, -0.05) is 110 Å². The van der Waals surface area contributed by atoms with Crippen LogP contribution in [0.25, 0.3) is 0 Å². The minimum atomic E-state index is -0.202. The predicted octanol–water partition coefficient (Wildman–Crippen LogP) is 16.4. The van der Waals surface area contributed by atoms with Gasteiger partial charge in [0.05, 0.1) is 12.2 Å². The molecular weight excluding hydrogens is 753 g/mol. The number of methoxy groups -OCH3 is 2. The summed E-state index contributed by atoms with van der Waals surface area (Å²) in [6.45, 7) is 37.9. The molecule has 0 radical (unpaired) electrons. The normalized spacial score (nSPS) is 21.4. The van der Waals surface area contributed by atoms with Crippen molar-refractivity contribution in [2.75, 3.05) is 14.2 Å². The molecule has 18 unspecified atom stereocenters. The highest BCUT2D eigenvalue weighted by Gasteiger charge is 2.22. The molecule has 0 saturated heterocycles. The van der Waals surface area contributed by atoms with Crippen LogP contribution in [0.2, 0.25) is 0 Å². The fraction of sp³-hybridized carbons (Fsp3) is 1.00. The van der Waals surface area contributed by atoms with Crippen LogP contribution in [0, 0.1) is 82.9 Å². The van der Waals surface area contributed by atoms with Crippen LogP contribution in [0.4, 0.5) is 0 Å². The Morgan fingerprint density at radius 3 is 0.623 bits per heavy atom. The molecule has 0 aromatic carbocycles. The monoisotopic (exact) mass is 867 g/mol. The number of ether oxygens (including phenoxy) is 3. The quantitative estimate of drug-likeness (QED) is 0.0601. The van der Waals surface area contributed by atoms with E-state index in [1.807, 2.05) is 13.8 Å². The van der Waals surface area contributed by atoms with Gasteiger partial charge in [-0.2, -0.15) is 0 Å². The van der Waals surface area contributed by atoms with Gasteiger partial charge in [-0.15, -0.1) is 0 Å². The van der Waals surface area contributed by atoms with Crippen LogP contribution < -0.4 is 0 Å². The van der Waals surface area contributed by atoms with Crippen molar-refractivity contribution in [2.24, 2.45) is 82.9 Å². The molecule has 0 amide bonds. The Bertz CT molecular complexity index is 910. The standard InChI is InChI=1S/C56H114O5/c1-39(25-41(3)27-43(5)29-45(7)31-47(9)33-49(11)35-51(13)37-53(15)57)21-19-23-55(59-17)61-56(60-18)24-20-22-40(2)26-42(4)28-44(6)30-46(8)32-48(10)34-50(12)36-52(14)38-54(16)58/h39-58H,19-38H2,1-18H3. The highest BCUT2D eigenvalue weighted by atomic mass is 16.8. The first kappa shape index (κ1) is 60.8. The van der Waals surface area contributed by atoms with Crippen LogP contribution in [-0.4, -0.2) is 49.2 Å². The Morgan fingerprint density at radius 1 is 0.262 bits per heavy atom. The van der Waals surface area contributed by atoms with Crippen LogP contribution in [-0.2, 0) is 14.2 Å². The van der Waals surface area contributed by atoms with Gasteiger partial charge in [0.15, 0.2) is 12.6 Å². The lowest BCUT2D eigenvalue weighted by atomic mass is 9.80. The molecule has 0 aliphatic rings. The molecule has 5 nitrogen and oxygen atoms in total. The van der Waals surface area contributed by atoms with Crippen molar-refractivity contribution >= 4 is 0 Å². The van der Waals surface area contributed by atoms with Gasteiger partial charge in [0.2, 0.25) is 0 Å². The zero-order chi connectivity index (χ0) is 46.7. The second-order valence-corrected chi connectivity index (χ2v) is 23.8. The molecule has 5 heteroatoms. The van der Waals surface area contributed by atoms with Gasteiger partial charge < -0.3 is 24.4 Å². The Kier molecular flexibility index (Phi) is 34.9. The van der Waals surface area contributed by atoms with E-state index in [1.165, 1.54) is 89.9 Å². The van der Waals surface area contributed by atoms with Crippen molar-refractivity contribution in [3.05, 3.63) is 0 Å². The molecule has 0 aromatic rings. The molecule has 0 aromatic heterocycles. The van der Waals surface area contributed by atoms with Gasteiger partial charge in [-0.3, -0.25) is 0 Å². The fourth-order valence-corrected chi connectivity index (χ4v) is 12.7. The third-order valence-electron chi connectivity index (χ3n) is 14.2. The molecule has 2 N–H and O–H groups in total. The first-order valence-electron chi connectivity index (χ1n) is 26.6. The lowest BCUT2D eigenvalue weighted by Crippen LogP contribution is -2.25. The Morgan fingerprint density at radius 2 is 0.443 bits per heavy atom. The van der Waals surface area contributed by atoms with E-state index in [0.29, 0.717) is 23.7 Å². The number of aliphatic hydroxyl groups excluding tert-OH is 2. The molecule has 0 aliphatic heterocycles. The first-order valence-corrected chi connectivity index (χ1v) is 26.6. The van der Waals surface area contributed by atoms with E-state index >= 15 is 0 Å². The molecule has 0 bridgehead atoms. The minimum Gasteiger partial charge on any atom is -0.393 e. The van der Waals surface area contributed by atoms with E-state index < -0.39 is 0 Å². The average molecular weight is 868 g/mol. The largest absolute Gasteiger partial charge is 0.393 e. The summed E-state index contributed by atoms with van der Waals surface area (Å²) in [4.78, 5) is 0. The van der Waals surface area contributed by atoms with Gasteiger partial charge in [-0.05, 0) is 212 Å². The highest BCUT2D eigenvalue weighted by Crippen LogP contribution is 2.33. The second kappa shape index (κ2) is 35.1. The van der Waals surface area contributed by atoms with Crippen LogP contribution >= 0.6 is 0 Å². The lowest BCUT2D eigenvalue weighted by molar-refractivity contribution is -0.233. The third-order valence-corrected chi connectivity index (χ3v) is 14.2. The summed E-state index contributed by atoms with van der Waals surface area (Å²) in [5, 5.41) is 19.5. The van der Waals surface area contributed by atoms with Crippen LogP contribution in [0.5, 0.6) is 0 Å². The van der Waals surface area contributed by atoms with Crippen molar-refractivity contribution in [2.45, 2.75) is 264 Å². The van der Waals surface area contributed by atoms with Gasteiger partial charge >= 0.3 is 0 Å². The summed E-state index contributed by atoms with van der Waals surface area (Å²) < 4.78 is 18.0. The van der Waals surface area contributed by atoms with Crippen LogP contribution in [0.15, 0.2) is 0 Å². The van der Waals surface area contributed by atoms with E-state index in [-0.39, 0.29) is 24.8 Å². The van der Waals surface area contributed by atoms with Gasteiger partial charge in [0.1, 0.15) is 0 Å². The van der Waals surface area contributed by atoms with Crippen molar-refractivity contribution in [3.8, 4) is 0 Å². The van der Waals surface area contributed by atoms with Crippen LogP contribution in [0.1, 0.15) is 239 Å². The third kappa shape index (κ3) is 34.8.